The predicted molar refractivity (Wildman–Crippen MR) is 69.0 cm³/mol. The SMILES string of the molecule is CCCCC/C=C/C1=C(CO)C(=O)CC(O)C1O. The van der Waals surface area contributed by atoms with E-state index in [0.29, 0.717) is 5.57 Å². The normalized spacial score (nSPS) is 25.2. The Kier molecular flexibility index (Phi) is 6.25. The lowest BCUT2D eigenvalue weighted by atomic mass is 9.86. The number of Topliss-reactive ketones (excluding diaryl/α,β-unsaturated/α-hetero) is 1. The zero-order valence-corrected chi connectivity index (χ0v) is 10.8. The molecular weight excluding hydrogens is 232 g/mol. The van der Waals surface area contributed by atoms with E-state index in [1.807, 2.05) is 6.08 Å². The smallest absolute Gasteiger partial charge is 0.164 e. The maximum atomic E-state index is 11.6. The Morgan fingerprint density at radius 1 is 1.33 bits per heavy atom. The molecule has 0 heterocycles. The Labute approximate surface area is 108 Å². The summed E-state index contributed by atoms with van der Waals surface area (Å²) in [6, 6.07) is 0. The quantitative estimate of drug-likeness (QED) is 0.620. The van der Waals surface area contributed by atoms with Crippen LogP contribution in [0.1, 0.15) is 39.0 Å². The largest absolute Gasteiger partial charge is 0.392 e. The Hall–Kier alpha value is -0.970. The summed E-state index contributed by atoms with van der Waals surface area (Å²) in [5.74, 6) is -0.288. The highest BCUT2D eigenvalue weighted by molar-refractivity contribution is 5.98. The Bertz CT molecular complexity index is 344. The van der Waals surface area contributed by atoms with Gasteiger partial charge < -0.3 is 15.3 Å². The van der Waals surface area contributed by atoms with Crippen molar-refractivity contribution in [1.82, 2.24) is 0 Å². The van der Waals surface area contributed by atoms with E-state index in [1.165, 1.54) is 0 Å². The highest BCUT2D eigenvalue weighted by Gasteiger charge is 2.32. The lowest BCUT2D eigenvalue weighted by Gasteiger charge is -2.26. The fourth-order valence-corrected chi connectivity index (χ4v) is 2.07. The molecule has 0 aromatic heterocycles. The predicted octanol–water partition coefficient (Wildman–Crippen LogP) is 1.11. The second-order valence-electron chi connectivity index (χ2n) is 4.63. The fraction of sp³-hybridized carbons (Fsp3) is 0.643. The van der Waals surface area contributed by atoms with Crippen LogP contribution in [0.5, 0.6) is 0 Å². The maximum absolute atomic E-state index is 11.6. The first-order valence-electron chi connectivity index (χ1n) is 6.51. The number of unbranched alkanes of at least 4 members (excludes halogenated alkanes) is 3. The molecule has 0 saturated carbocycles. The lowest BCUT2D eigenvalue weighted by molar-refractivity contribution is -0.120. The molecule has 4 nitrogen and oxygen atoms in total. The van der Waals surface area contributed by atoms with Gasteiger partial charge >= 0.3 is 0 Å². The molecule has 0 aliphatic heterocycles. The van der Waals surface area contributed by atoms with Gasteiger partial charge in [-0.05, 0) is 18.4 Å². The summed E-state index contributed by atoms with van der Waals surface area (Å²) < 4.78 is 0. The molecule has 0 bridgehead atoms. The van der Waals surface area contributed by atoms with Crippen molar-refractivity contribution in [3.05, 3.63) is 23.3 Å². The third-order valence-corrected chi connectivity index (χ3v) is 3.19. The molecule has 0 radical (unpaired) electrons. The number of aliphatic hydroxyl groups excluding tert-OH is 3. The van der Waals surface area contributed by atoms with Gasteiger partial charge in [-0.3, -0.25) is 4.79 Å². The van der Waals surface area contributed by atoms with Crippen molar-refractivity contribution in [2.24, 2.45) is 0 Å². The monoisotopic (exact) mass is 254 g/mol. The number of allylic oxidation sites excluding steroid dienone is 1. The maximum Gasteiger partial charge on any atom is 0.164 e. The Balaban J connectivity index is 2.76. The number of carbonyl (C=O) groups excluding carboxylic acids is 1. The van der Waals surface area contributed by atoms with Crippen LogP contribution in [0.15, 0.2) is 23.3 Å². The van der Waals surface area contributed by atoms with E-state index in [1.54, 1.807) is 6.08 Å². The van der Waals surface area contributed by atoms with E-state index in [-0.39, 0.29) is 17.8 Å². The second kappa shape index (κ2) is 7.46. The lowest BCUT2D eigenvalue weighted by Crippen LogP contribution is -2.37. The number of rotatable bonds is 6. The standard InChI is InChI=1S/C14H22O4/c1-2-3-4-5-6-7-10-11(9-15)12(16)8-13(17)14(10)18/h6-7,13-15,17-18H,2-5,8-9H2,1H3/b7-6+. The first kappa shape index (κ1) is 15.1. The summed E-state index contributed by atoms with van der Waals surface area (Å²) in [5.41, 5.74) is 0.581. The highest BCUT2D eigenvalue weighted by Crippen LogP contribution is 2.24. The second-order valence-corrected chi connectivity index (χ2v) is 4.63. The summed E-state index contributed by atoms with van der Waals surface area (Å²) in [5, 5.41) is 28.6. The van der Waals surface area contributed by atoms with Crippen LogP contribution in [0.25, 0.3) is 0 Å². The van der Waals surface area contributed by atoms with Crippen LogP contribution in [-0.4, -0.2) is 39.9 Å². The summed E-state index contributed by atoms with van der Waals surface area (Å²) >= 11 is 0. The van der Waals surface area contributed by atoms with Crippen LogP contribution in [0.2, 0.25) is 0 Å². The van der Waals surface area contributed by atoms with Crippen LogP contribution in [0.3, 0.4) is 0 Å². The molecule has 1 aliphatic carbocycles. The minimum Gasteiger partial charge on any atom is -0.392 e. The van der Waals surface area contributed by atoms with Crippen LogP contribution in [0, 0.1) is 0 Å². The highest BCUT2D eigenvalue weighted by atomic mass is 16.3. The number of hydrogen-bond acceptors (Lipinski definition) is 4. The molecule has 2 unspecified atom stereocenters. The average molecular weight is 254 g/mol. The molecule has 0 spiro atoms. The van der Waals surface area contributed by atoms with Gasteiger partial charge in [-0.15, -0.1) is 0 Å². The molecule has 0 aromatic rings. The minimum atomic E-state index is -1.08. The molecule has 0 fully saturated rings. The molecule has 102 valence electrons. The van der Waals surface area contributed by atoms with Gasteiger partial charge in [0.15, 0.2) is 5.78 Å². The van der Waals surface area contributed by atoms with Gasteiger partial charge in [-0.1, -0.05) is 31.9 Å². The Morgan fingerprint density at radius 3 is 2.67 bits per heavy atom. The van der Waals surface area contributed by atoms with Gasteiger partial charge in [-0.25, -0.2) is 0 Å². The molecule has 0 amide bonds. The van der Waals surface area contributed by atoms with E-state index < -0.39 is 18.8 Å². The van der Waals surface area contributed by atoms with Gasteiger partial charge in [0.2, 0.25) is 0 Å². The van der Waals surface area contributed by atoms with Crippen molar-refractivity contribution in [3.8, 4) is 0 Å². The minimum absolute atomic E-state index is 0.121. The van der Waals surface area contributed by atoms with Gasteiger partial charge in [0.1, 0.15) is 6.10 Å². The van der Waals surface area contributed by atoms with Crippen LogP contribution in [-0.2, 0) is 4.79 Å². The third kappa shape index (κ3) is 3.77. The molecule has 0 saturated heterocycles. The number of aliphatic hydroxyl groups is 3. The van der Waals surface area contributed by atoms with Crippen molar-refractivity contribution in [2.45, 2.75) is 51.2 Å². The zero-order chi connectivity index (χ0) is 13.5. The third-order valence-electron chi connectivity index (χ3n) is 3.19. The number of ketones is 1. The molecule has 3 N–H and O–H groups in total. The molecule has 18 heavy (non-hydrogen) atoms. The molecule has 2 atom stereocenters. The topological polar surface area (TPSA) is 77.8 Å². The van der Waals surface area contributed by atoms with Crippen molar-refractivity contribution in [1.29, 1.82) is 0 Å². The molecule has 4 heteroatoms. The van der Waals surface area contributed by atoms with Crippen molar-refractivity contribution >= 4 is 5.78 Å². The van der Waals surface area contributed by atoms with E-state index in [9.17, 15) is 20.1 Å². The average Bonchev–Trinajstić information content (AvgIpc) is 2.35. The van der Waals surface area contributed by atoms with Crippen LogP contribution in [0.4, 0.5) is 0 Å². The summed E-state index contributed by atoms with van der Waals surface area (Å²) in [6.45, 7) is 1.73. The zero-order valence-electron chi connectivity index (χ0n) is 10.8. The molecule has 1 aliphatic rings. The van der Waals surface area contributed by atoms with E-state index in [0.717, 1.165) is 25.7 Å². The molecular formula is C14H22O4. The summed E-state index contributed by atoms with van der Waals surface area (Å²) in [6.07, 6.45) is 5.48. The van der Waals surface area contributed by atoms with Gasteiger partial charge in [0, 0.05) is 12.0 Å². The molecule has 1 rings (SSSR count). The summed E-state index contributed by atoms with van der Waals surface area (Å²) in [4.78, 5) is 11.6. The van der Waals surface area contributed by atoms with E-state index in [4.69, 9.17) is 0 Å². The van der Waals surface area contributed by atoms with Gasteiger partial charge in [0.25, 0.3) is 0 Å². The van der Waals surface area contributed by atoms with Gasteiger partial charge in [-0.2, -0.15) is 0 Å². The van der Waals surface area contributed by atoms with Crippen LogP contribution >= 0.6 is 0 Å². The van der Waals surface area contributed by atoms with Crippen molar-refractivity contribution in [2.75, 3.05) is 6.61 Å². The first-order chi connectivity index (χ1) is 8.61. The van der Waals surface area contributed by atoms with Crippen molar-refractivity contribution < 1.29 is 20.1 Å². The first-order valence-corrected chi connectivity index (χ1v) is 6.51. The van der Waals surface area contributed by atoms with Crippen LogP contribution < -0.4 is 0 Å². The van der Waals surface area contributed by atoms with Gasteiger partial charge in [0.05, 0.1) is 12.7 Å². The van der Waals surface area contributed by atoms with E-state index >= 15 is 0 Å². The Morgan fingerprint density at radius 2 is 2.06 bits per heavy atom. The van der Waals surface area contributed by atoms with E-state index in [2.05, 4.69) is 6.92 Å². The number of hydrogen-bond donors (Lipinski definition) is 3. The van der Waals surface area contributed by atoms with Crippen molar-refractivity contribution in [3.63, 3.8) is 0 Å². The number of carbonyl (C=O) groups is 1. The fourth-order valence-electron chi connectivity index (χ4n) is 2.07. The molecule has 0 aromatic carbocycles. The summed E-state index contributed by atoms with van der Waals surface area (Å²) in [7, 11) is 0.